The van der Waals surface area contributed by atoms with E-state index in [4.69, 9.17) is 9.47 Å². The quantitative estimate of drug-likeness (QED) is 0.293. The summed E-state index contributed by atoms with van der Waals surface area (Å²) in [6.07, 6.45) is 8.83. The first-order valence-corrected chi connectivity index (χ1v) is 8.96. The molecule has 0 fully saturated rings. The van der Waals surface area contributed by atoms with Crippen molar-refractivity contribution in [2.24, 2.45) is 5.92 Å². The highest BCUT2D eigenvalue weighted by molar-refractivity contribution is 5.72. The van der Waals surface area contributed by atoms with E-state index in [0.29, 0.717) is 12.3 Å². The van der Waals surface area contributed by atoms with Gasteiger partial charge in [-0.15, -0.1) is 0 Å². The average Bonchev–Trinajstić information content (AvgIpc) is 2.48. The number of carbonyl (C=O) groups excluding carboxylic acids is 2. The number of hydrogen-bond acceptors (Lipinski definition) is 4. The van der Waals surface area contributed by atoms with E-state index in [9.17, 15) is 9.59 Å². The van der Waals surface area contributed by atoms with Gasteiger partial charge in [-0.1, -0.05) is 46.6 Å². The van der Waals surface area contributed by atoms with Crippen LogP contribution in [0.1, 0.15) is 79.6 Å². The van der Waals surface area contributed by atoms with E-state index in [1.54, 1.807) is 0 Å². The molecule has 2 atom stereocenters. The Balaban J connectivity index is 3.88. The predicted octanol–water partition coefficient (Wildman–Crippen LogP) is 4.81. The zero-order valence-electron chi connectivity index (χ0n) is 15.5. The number of hydrogen-bond donors (Lipinski definition) is 0. The Hall–Kier alpha value is -1.32. The molecule has 0 aliphatic heterocycles. The van der Waals surface area contributed by atoms with E-state index in [1.165, 1.54) is 0 Å². The first-order chi connectivity index (χ1) is 10.9. The maximum absolute atomic E-state index is 11.7. The van der Waals surface area contributed by atoms with Gasteiger partial charge in [-0.2, -0.15) is 0 Å². The molecule has 0 heterocycles. The molecule has 4 nitrogen and oxygen atoms in total. The van der Waals surface area contributed by atoms with Crippen molar-refractivity contribution in [3.8, 4) is 0 Å². The highest BCUT2D eigenvalue weighted by Gasteiger charge is 2.16. The molecule has 0 saturated carbocycles. The molecule has 2 unspecified atom stereocenters. The Labute approximate surface area is 141 Å². The summed E-state index contributed by atoms with van der Waals surface area (Å²) in [6, 6.07) is 0. The molecule has 0 aliphatic carbocycles. The lowest BCUT2D eigenvalue weighted by Gasteiger charge is -2.19. The van der Waals surface area contributed by atoms with Crippen molar-refractivity contribution in [3.05, 3.63) is 12.2 Å². The van der Waals surface area contributed by atoms with Crippen molar-refractivity contribution in [2.75, 3.05) is 0 Å². The number of allylic oxidation sites excluding steroid dienone is 1. The molecule has 0 spiro atoms. The Kier molecular flexibility index (Phi) is 12.4. The topological polar surface area (TPSA) is 52.6 Å². The van der Waals surface area contributed by atoms with Gasteiger partial charge in [-0.25, -0.2) is 0 Å². The summed E-state index contributed by atoms with van der Waals surface area (Å²) in [7, 11) is 0. The SMILES string of the molecule is CCCC/C=C/C(C)OC(=O)CCCC(=O)OC(CC)C(C)C. The van der Waals surface area contributed by atoms with Gasteiger partial charge < -0.3 is 9.47 Å². The molecule has 0 bridgehead atoms. The number of rotatable bonds is 12. The van der Waals surface area contributed by atoms with E-state index >= 15 is 0 Å². The fourth-order valence-corrected chi connectivity index (χ4v) is 2.21. The molecular weight excluding hydrogens is 292 g/mol. The largest absolute Gasteiger partial charge is 0.462 e. The average molecular weight is 326 g/mol. The lowest BCUT2D eigenvalue weighted by Crippen LogP contribution is -2.23. The van der Waals surface area contributed by atoms with Crippen molar-refractivity contribution in [1.29, 1.82) is 0 Å². The normalized spacial score (nSPS) is 14.0. The first kappa shape index (κ1) is 21.7. The van der Waals surface area contributed by atoms with Crippen molar-refractivity contribution < 1.29 is 19.1 Å². The number of esters is 2. The smallest absolute Gasteiger partial charge is 0.306 e. The van der Waals surface area contributed by atoms with E-state index in [-0.39, 0.29) is 37.0 Å². The second-order valence-electron chi connectivity index (χ2n) is 6.30. The molecule has 0 N–H and O–H groups in total. The van der Waals surface area contributed by atoms with Gasteiger partial charge in [0.2, 0.25) is 0 Å². The van der Waals surface area contributed by atoms with Gasteiger partial charge in [-0.05, 0) is 38.2 Å². The summed E-state index contributed by atoms with van der Waals surface area (Å²) in [6.45, 7) is 10.1. The van der Waals surface area contributed by atoms with Gasteiger partial charge in [0, 0.05) is 12.8 Å². The molecule has 134 valence electrons. The minimum absolute atomic E-state index is 0.0391. The summed E-state index contributed by atoms with van der Waals surface area (Å²) in [5, 5.41) is 0. The molecule has 0 aliphatic rings. The third kappa shape index (κ3) is 11.8. The first-order valence-electron chi connectivity index (χ1n) is 8.96. The van der Waals surface area contributed by atoms with Gasteiger partial charge in [0.1, 0.15) is 12.2 Å². The van der Waals surface area contributed by atoms with Crippen molar-refractivity contribution >= 4 is 11.9 Å². The Bertz CT molecular complexity index is 360. The Morgan fingerprint density at radius 2 is 1.57 bits per heavy atom. The molecule has 0 saturated heterocycles. The minimum Gasteiger partial charge on any atom is -0.462 e. The fraction of sp³-hybridized carbons (Fsp3) is 0.789. The van der Waals surface area contributed by atoms with Gasteiger partial charge in [-0.3, -0.25) is 9.59 Å². The van der Waals surface area contributed by atoms with Gasteiger partial charge in [0.15, 0.2) is 0 Å². The van der Waals surface area contributed by atoms with E-state index in [0.717, 1.165) is 25.7 Å². The molecular formula is C19H34O4. The van der Waals surface area contributed by atoms with Gasteiger partial charge >= 0.3 is 11.9 Å². The standard InChI is InChI=1S/C19H34O4/c1-6-8-9-10-12-16(5)22-18(20)13-11-14-19(21)23-17(7-2)15(3)4/h10,12,15-17H,6-9,11,13-14H2,1-5H3/b12-10+. The van der Waals surface area contributed by atoms with Gasteiger partial charge in [0.25, 0.3) is 0 Å². The number of unbranched alkanes of at least 4 members (excludes halogenated alkanes) is 2. The summed E-state index contributed by atoms with van der Waals surface area (Å²) >= 11 is 0. The maximum Gasteiger partial charge on any atom is 0.306 e. The van der Waals surface area contributed by atoms with Crippen molar-refractivity contribution in [2.45, 2.75) is 91.8 Å². The number of carbonyl (C=O) groups is 2. The van der Waals surface area contributed by atoms with Crippen molar-refractivity contribution in [1.82, 2.24) is 0 Å². The molecule has 0 radical (unpaired) electrons. The lowest BCUT2D eigenvalue weighted by molar-refractivity contribution is -0.152. The fourth-order valence-electron chi connectivity index (χ4n) is 2.21. The number of ether oxygens (including phenoxy) is 2. The van der Waals surface area contributed by atoms with Gasteiger partial charge in [0.05, 0.1) is 0 Å². The summed E-state index contributed by atoms with van der Waals surface area (Å²) in [5.74, 6) is -0.179. The third-order valence-electron chi connectivity index (χ3n) is 3.64. The molecule has 4 heteroatoms. The molecule has 0 aromatic heterocycles. The van der Waals surface area contributed by atoms with Crippen LogP contribution in [0.25, 0.3) is 0 Å². The van der Waals surface area contributed by atoms with E-state index < -0.39 is 0 Å². The van der Waals surface area contributed by atoms with Crippen LogP contribution < -0.4 is 0 Å². The molecule has 0 amide bonds. The van der Waals surface area contributed by atoms with Crippen LogP contribution in [0.15, 0.2) is 12.2 Å². The third-order valence-corrected chi connectivity index (χ3v) is 3.64. The van der Waals surface area contributed by atoms with Crippen LogP contribution >= 0.6 is 0 Å². The zero-order valence-corrected chi connectivity index (χ0v) is 15.5. The molecule has 0 aromatic carbocycles. The minimum atomic E-state index is -0.263. The predicted molar refractivity (Wildman–Crippen MR) is 93.1 cm³/mol. The highest BCUT2D eigenvalue weighted by atomic mass is 16.5. The van der Waals surface area contributed by atoms with Crippen molar-refractivity contribution in [3.63, 3.8) is 0 Å². The van der Waals surface area contributed by atoms with Crippen LogP contribution in [0, 0.1) is 5.92 Å². The van der Waals surface area contributed by atoms with Crippen LogP contribution in [0.5, 0.6) is 0 Å². The van der Waals surface area contributed by atoms with Crippen LogP contribution in [0.2, 0.25) is 0 Å². The second kappa shape index (κ2) is 13.1. The molecule has 23 heavy (non-hydrogen) atoms. The molecule has 0 aromatic rings. The van der Waals surface area contributed by atoms with Crippen LogP contribution in [0.3, 0.4) is 0 Å². The zero-order chi connectivity index (χ0) is 17.7. The van der Waals surface area contributed by atoms with E-state index in [1.807, 2.05) is 33.8 Å². The van der Waals surface area contributed by atoms with Crippen LogP contribution in [0.4, 0.5) is 0 Å². The summed E-state index contributed by atoms with van der Waals surface area (Å²) in [4.78, 5) is 23.4. The molecule has 0 rings (SSSR count). The summed E-state index contributed by atoms with van der Waals surface area (Å²) < 4.78 is 10.7. The highest BCUT2D eigenvalue weighted by Crippen LogP contribution is 2.12. The lowest BCUT2D eigenvalue weighted by atomic mass is 10.1. The maximum atomic E-state index is 11.7. The monoisotopic (exact) mass is 326 g/mol. The summed E-state index contributed by atoms with van der Waals surface area (Å²) in [5.41, 5.74) is 0. The van der Waals surface area contributed by atoms with E-state index in [2.05, 4.69) is 13.0 Å². The van der Waals surface area contributed by atoms with Crippen LogP contribution in [-0.2, 0) is 19.1 Å². The van der Waals surface area contributed by atoms with Crippen LogP contribution in [-0.4, -0.2) is 24.1 Å². The Morgan fingerprint density at radius 3 is 2.09 bits per heavy atom. The Morgan fingerprint density at radius 1 is 0.957 bits per heavy atom. The second-order valence-corrected chi connectivity index (χ2v) is 6.30.